The maximum atomic E-state index is 12.1. The average molecular weight is 332 g/mol. The minimum atomic E-state index is -0.842. The van der Waals surface area contributed by atoms with Gasteiger partial charge in [-0.15, -0.1) is 0 Å². The molecule has 3 N–H and O–H groups in total. The van der Waals surface area contributed by atoms with Crippen molar-refractivity contribution in [3.63, 3.8) is 0 Å². The van der Waals surface area contributed by atoms with E-state index in [2.05, 4.69) is 10.3 Å². The van der Waals surface area contributed by atoms with Crippen molar-refractivity contribution >= 4 is 23.7 Å². The molecular formula is C16H20N4O2S. The van der Waals surface area contributed by atoms with Gasteiger partial charge in [-0.2, -0.15) is 0 Å². The predicted octanol–water partition coefficient (Wildman–Crippen LogP) is 2.40. The van der Waals surface area contributed by atoms with Crippen LogP contribution in [0.15, 0.2) is 41.7 Å². The number of hydrogen-bond acceptors (Lipinski definition) is 4. The largest absolute Gasteiger partial charge is 0.351 e. The third-order valence-electron chi connectivity index (χ3n) is 3.36. The molecule has 1 atom stereocenters. The molecule has 0 aliphatic heterocycles. The Kier molecular flexibility index (Phi) is 5.44. The number of nitrogens with zero attached hydrogens (tertiary/aromatic N) is 2. The number of carbonyl (C=O) groups excluding carboxylic acids is 2. The molecule has 7 heteroatoms. The molecule has 0 spiro atoms. The summed E-state index contributed by atoms with van der Waals surface area (Å²) in [6, 6.07) is 9.05. The minimum absolute atomic E-state index is 0.0243. The third kappa shape index (κ3) is 4.13. The highest BCUT2D eigenvalue weighted by molar-refractivity contribution is 8.00. The van der Waals surface area contributed by atoms with Crippen molar-refractivity contribution in [2.24, 2.45) is 18.7 Å². The monoisotopic (exact) mass is 332 g/mol. The van der Waals surface area contributed by atoms with E-state index in [9.17, 15) is 9.59 Å². The van der Waals surface area contributed by atoms with Gasteiger partial charge in [0, 0.05) is 7.05 Å². The molecule has 1 aromatic heterocycles. The summed E-state index contributed by atoms with van der Waals surface area (Å²) in [7, 11) is 1.90. The van der Waals surface area contributed by atoms with E-state index in [1.165, 1.54) is 11.8 Å². The van der Waals surface area contributed by atoms with Crippen LogP contribution in [0.25, 0.3) is 11.3 Å². The second-order valence-corrected chi connectivity index (χ2v) is 6.60. The van der Waals surface area contributed by atoms with Gasteiger partial charge < -0.3 is 10.3 Å². The van der Waals surface area contributed by atoms with Gasteiger partial charge in [0.2, 0.25) is 5.91 Å². The number of imide groups is 1. The van der Waals surface area contributed by atoms with Crippen molar-refractivity contribution in [1.29, 1.82) is 0 Å². The molecule has 122 valence electrons. The van der Waals surface area contributed by atoms with Crippen molar-refractivity contribution in [1.82, 2.24) is 14.9 Å². The highest BCUT2D eigenvalue weighted by Gasteiger charge is 2.26. The first kappa shape index (κ1) is 17.1. The van der Waals surface area contributed by atoms with Crippen LogP contribution in [0.4, 0.5) is 4.79 Å². The maximum absolute atomic E-state index is 12.1. The van der Waals surface area contributed by atoms with Gasteiger partial charge in [-0.3, -0.25) is 10.1 Å². The molecular weight excluding hydrogens is 312 g/mol. The number of benzene rings is 1. The molecule has 2 rings (SSSR count). The van der Waals surface area contributed by atoms with Gasteiger partial charge in [-0.05, 0) is 11.5 Å². The van der Waals surface area contributed by atoms with E-state index in [0.29, 0.717) is 5.16 Å². The molecule has 0 aliphatic carbocycles. The van der Waals surface area contributed by atoms with Crippen molar-refractivity contribution in [2.45, 2.75) is 24.3 Å². The van der Waals surface area contributed by atoms with Crippen LogP contribution in [0.5, 0.6) is 0 Å². The zero-order chi connectivity index (χ0) is 17.0. The summed E-state index contributed by atoms with van der Waals surface area (Å²) in [5, 5.41) is 2.40. The summed E-state index contributed by atoms with van der Waals surface area (Å²) in [5.41, 5.74) is 7.05. The van der Waals surface area contributed by atoms with E-state index in [1.807, 2.05) is 55.8 Å². The number of urea groups is 1. The number of nitrogens with two attached hydrogens (primary N) is 1. The van der Waals surface area contributed by atoms with Crippen LogP contribution in [0.2, 0.25) is 0 Å². The second-order valence-electron chi connectivity index (χ2n) is 5.49. The molecule has 1 heterocycles. The van der Waals surface area contributed by atoms with E-state index >= 15 is 0 Å². The van der Waals surface area contributed by atoms with Gasteiger partial charge in [-0.1, -0.05) is 55.9 Å². The van der Waals surface area contributed by atoms with Crippen molar-refractivity contribution < 1.29 is 9.59 Å². The minimum Gasteiger partial charge on any atom is -0.351 e. The number of nitrogens with one attached hydrogen (secondary N) is 1. The Morgan fingerprint density at radius 1 is 1.26 bits per heavy atom. The summed E-state index contributed by atoms with van der Waals surface area (Å²) in [6.45, 7) is 3.83. The predicted molar refractivity (Wildman–Crippen MR) is 90.9 cm³/mol. The standard InChI is InChI=1S/C16H20N4O2S/c1-10(2)13(14(21)19-15(17)22)23-16-18-9-12(20(16)3)11-7-5-4-6-8-11/h4-10,13H,1-3H3,(H3,17,19,21,22). The van der Waals surface area contributed by atoms with Crippen LogP contribution in [-0.2, 0) is 11.8 Å². The molecule has 3 amide bonds. The Labute approximate surface area is 139 Å². The Morgan fingerprint density at radius 2 is 1.91 bits per heavy atom. The quantitative estimate of drug-likeness (QED) is 0.823. The number of imidazole rings is 1. The molecule has 2 aromatic rings. The van der Waals surface area contributed by atoms with Crippen LogP contribution in [0, 0.1) is 5.92 Å². The summed E-state index contributed by atoms with van der Waals surface area (Å²) in [4.78, 5) is 27.4. The van der Waals surface area contributed by atoms with E-state index in [0.717, 1.165) is 11.3 Å². The van der Waals surface area contributed by atoms with Gasteiger partial charge in [0.25, 0.3) is 0 Å². The normalized spacial score (nSPS) is 12.2. The lowest BCUT2D eigenvalue weighted by atomic mass is 10.1. The van der Waals surface area contributed by atoms with Gasteiger partial charge >= 0.3 is 6.03 Å². The van der Waals surface area contributed by atoms with Gasteiger partial charge in [-0.25, -0.2) is 9.78 Å². The summed E-state index contributed by atoms with van der Waals surface area (Å²) >= 11 is 1.32. The van der Waals surface area contributed by atoms with Crippen LogP contribution < -0.4 is 11.1 Å². The molecule has 0 fully saturated rings. The average Bonchev–Trinajstić information content (AvgIpc) is 2.85. The molecule has 0 bridgehead atoms. The lowest BCUT2D eigenvalue weighted by molar-refractivity contribution is -0.120. The zero-order valence-electron chi connectivity index (χ0n) is 13.3. The second kappa shape index (κ2) is 7.32. The number of rotatable bonds is 5. The first-order valence-corrected chi connectivity index (χ1v) is 8.12. The molecule has 23 heavy (non-hydrogen) atoms. The fourth-order valence-electron chi connectivity index (χ4n) is 2.18. The number of amides is 3. The Morgan fingerprint density at radius 3 is 2.48 bits per heavy atom. The first-order valence-electron chi connectivity index (χ1n) is 7.24. The van der Waals surface area contributed by atoms with Crippen molar-refractivity contribution in [3.8, 4) is 11.3 Å². The molecule has 0 aliphatic rings. The molecule has 1 aromatic carbocycles. The maximum Gasteiger partial charge on any atom is 0.318 e. The summed E-state index contributed by atoms with van der Waals surface area (Å²) in [6.07, 6.45) is 1.78. The zero-order valence-corrected chi connectivity index (χ0v) is 14.1. The van der Waals surface area contributed by atoms with Crippen LogP contribution in [0.1, 0.15) is 13.8 Å². The number of primary amides is 1. The molecule has 1 unspecified atom stereocenters. The molecule has 0 radical (unpaired) electrons. The summed E-state index contributed by atoms with van der Waals surface area (Å²) in [5.74, 6) is -0.377. The van der Waals surface area contributed by atoms with E-state index in [-0.39, 0.29) is 5.92 Å². The first-order chi connectivity index (χ1) is 10.9. The highest BCUT2D eigenvalue weighted by atomic mass is 32.2. The SMILES string of the molecule is CC(C)C(Sc1ncc(-c2ccccc2)n1C)C(=O)NC(N)=O. The number of thioether (sulfide) groups is 1. The van der Waals surface area contributed by atoms with E-state index in [1.54, 1.807) is 6.20 Å². The van der Waals surface area contributed by atoms with Crippen LogP contribution >= 0.6 is 11.8 Å². The van der Waals surface area contributed by atoms with E-state index in [4.69, 9.17) is 5.73 Å². The number of carbonyl (C=O) groups is 2. The van der Waals surface area contributed by atoms with Crippen LogP contribution in [0.3, 0.4) is 0 Å². The Hall–Kier alpha value is -2.28. The number of hydrogen-bond donors (Lipinski definition) is 2. The van der Waals surface area contributed by atoms with Crippen LogP contribution in [-0.4, -0.2) is 26.7 Å². The van der Waals surface area contributed by atoms with E-state index < -0.39 is 17.2 Å². The molecule has 0 saturated heterocycles. The molecule has 6 nitrogen and oxygen atoms in total. The fraction of sp³-hybridized carbons (Fsp3) is 0.312. The van der Waals surface area contributed by atoms with Crippen molar-refractivity contribution in [3.05, 3.63) is 36.5 Å². The van der Waals surface area contributed by atoms with Crippen molar-refractivity contribution in [2.75, 3.05) is 0 Å². The number of aromatic nitrogens is 2. The topological polar surface area (TPSA) is 90.0 Å². The summed E-state index contributed by atoms with van der Waals surface area (Å²) < 4.78 is 1.94. The lowest BCUT2D eigenvalue weighted by Crippen LogP contribution is -2.42. The fourth-order valence-corrected chi connectivity index (χ4v) is 3.21. The lowest BCUT2D eigenvalue weighted by Gasteiger charge is -2.18. The smallest absolute Gasteiger partial charge is 0.318 e. The highest BCUT2D eigenvalue weighted by Crippen LogP contribution is 2.30. The van der Waals surface area contributed by atoms with Gasteiger partial charge in [0.1, 0.15) is 0 Å². The Balaban J connectivity index is 2.23. The van der Waals surface area contributed by atoms with Gasteiger partial charge in [0.05, 0.1) is 17.1 Å². The Bertz CT molecular complexity index is 697. The van der Waals surface area contributed by atoms with Gasteiger partial charge in [0.15, 0.2) is 5.16 Å². The third-order valence-corrected chi connectivity index (χ3v) is 4.96. The molecule has 0 saturated carbocycles.